The maximum Gasteiger partial charge on any atom is 0.418 e. The van der Waals surface area contributed by atoms with Gasteiger partial charge in [-0.05, 0) is 79.1 Å². The zero-order chi connectivity index (χ0) is 28.5. The molecule has 3 aliphatic rings. The summed E-state index contributed by atoms with van der Waals surface area (Å²) in [6.07, 6.45) is -0.932. The summed E-state index contributed by atoms with van der Waals surface area (Å²) >= 11 is 0. The summed E-state index contributed by atoms with van der Waals surface area (Å²) in [5.74, 6) is 1.25. The van der Waals surface area contributed by atoms with Gasteiger partial charge >= 0.3 is 6.18 Å². The van der Waals surface area contributed by atoms with Gasteiger partial charge in [0.1, 0.15) is 23.2 Å². The largest absolute Gasteiger partial charge is 0.418 e. The van der Waals surface area contributed by atoms with Crippen molar-refractivity contribution in [3.05, 3.63) is 65.2 Å². The third kappa shape index (κ3) is 4.67. The maximum absolute atomic E-state index is 14.2. The maximum atomic E-state index is 14.2. The quantitative estimate of drug-likeness (QED) is 0.302. The molecule has 2 aromatic carbocycles. The molecule has 1 aliphatic carbocycles. The summed E-state index contributed by atoms with van der Waals surface area (Å²) in [6, 6.07) is 14.4. The molecular formula is C30H31F3N8. The molecule has 2 fully saturated rings. The molecular weight excluding hydrogens is 529 g/mol. The number of aromatic nitrogens is 3. The predicted molar refractivity (Wildman–Crippen MR) is 153 cm³/mol. The number of amidine groups is 1. The molecule has 1 saturated carbocycles. The van der Waals surface area contributed by atoms with Gasteiger partial charge in [-0.15, -0.1) is 0 Å². The molecule has 7 rings (SSSR count). The highest BCUT2D eigenvalue weighted by Gasteiger charge is 2.47. The molecule has 41 heavy (non-hydrogen) atoms. The minimum atomic E-state index is -4.55. The van der Waals surface area contributed by atoms with E-state index in [1.165, 1.54) is 18.9 Å². The van der Waals surface area contributed by atoms with Gasteiger partial charge in [0.2, 0.25) is 0 Å². The van der Waals surface area contributed by atoms with Crippen LogP contribution in [0.4, 0.5) is 19.0 Å². The van der Waals surface area contributed by atoms with Crippen LogP contribution in [0.25, 0.3) is 33.7 Å². The van der Waals surface area contributed by atoms with E-state index >= 15 is 0 Å². The van der Waals surface area contributed by atoms with Crippen LogP contribution in [0.5, 0.6) is 0 Å². The molecule has 0 radical (unpaired) electrons. The van der Waals surface area contributed by atoms with Crippen LogP contribution in [-0.2, 0) is 12.7 Å². The first-order valence-electron chi connectivity index (χ1n) is 13.8. The highest BCUT2D eigenvalue weighted by atomic mass is 19.4. The molecule has 0 bridgehead atoms. The van der Waals surface area contributed by atoms with E-state index < -0.39 is 11.7 Å². The minimum Gasteiger partial charge on any atom is -0.384 e. The Bertz CT molecular complexity index is 1690. The molecule has 1 unspecified atom stereocenters. The molecule has 2 aromatic heterocycles. The zero-order valence-electron chi connectivity index (χ0n) is 22.9. The van der Waals surface area contributed by atoms with Gasteiger partial charge in [-0.1, -0.05) is 24.3 Å². The number of fused-ring (bicyclic) bond motifs is 1. The summed E-state index contributed by atoms with van der Waals surface area (Å²) in [4.78, 5) is 16.3. The number of nitrogens with one attached hydrogen (secondary N) is 2. The fraction of sp³-hybridized carbons (Fsp3) is 0.367. The Morgan fingerprint density at radius 3 is 2.51 bits per heavy atom. The van der Waals surface area contributed by atoms with E-state index in [1.807, 2.05) is 43.1 Å². The van der Waals surface area contributed by atoms with Gasteiger partial charge in [-0.25, -0.2) is 9.97 Å². The zero-order valence-corrected chi connectivity index (χ0v) is 22.9. The van der Waals surface area contributed by atoms with E-state index in [2.05, 4.69) is 30.4 Å². The highest BCUT2D eigenvalue weighted by molar-refractivity contribution is 6.05. The number of nitrogens with zero attached hydrogens (tertiary/aromatic N) is 5. The van der Waals surface area contributed by atoms with Gasteiger partial charge in [0, 0.05) is 25.7 Å². The first-order chi connectivity index (χ1) is 19.6. The van der Waals surface area contributed by atoms with Crippen LogP contribution in [-0.4, -0.2) is 56.9 Å². The molecule has 4 heterocycles. The molecule has 1 atom stereocenters. The summed E-state index contributed by atoms with van der Waals surface area (Å²) in [5.41, 5.74) is 12.7. The van der Waals surface area contributed by atoms with Gasteiger partial charge < -0.3 is 15.6 Å². The molecule has 0 amide bonds. The number of benzene rings is 2. The number of H-pyrrole nitrogens is 1. The number of nitrogens with two attached hydrogens (primary N) is 1. The number of alkyl halides is 3. The normalized spacial score (nSPS) is 20.2. The highest BCUT2D eigenvalue weighted by Crippen LogP contribution is 2.53. The number of pyridine rings is 1. The van der Waals surface area contributed by atoms with E-state index in [1.54, 1.807) is 18.2 Å². The number of rotatable bonds is 5. The Balaban J connectivity index is 1.28. The van der Waals surface area contributed by atoms with Crippen molar-refractivity contribution in [3.63, 3.8) is 0 Å². The number of imidazole rings is 1. The first kappa shape index (κ1) is 25.8. The summed E-state index contributed by atoms with van der Waals surface area (Å²) in [6.45, 7) is 4.37. The number of aromatic amines is 1. The fourth-order valence-electron chi connectivity index (χ4n) is 6.12. The number of hydrazone groups is 1. The van der Waals surface area contributed by atoms with Crippen molar-refractivity contribution in [3.8, 4) is 22.6 Å². The number of nitrogen functional groups attached to an aromatic ring is 1. The summed E-state index contributed by atoms with van der Waals surface area (Å²) in [7, 11) is 1.96. The predicted octanol–water partition coefficient (Wildman–Crippen LogP) is 5.42. The van der Waals surface area contributed by atoms with Gasteiger partial charge in [0.05, 0.1) is 11.1 Å². The van der Waals surface area contributed by atoms with Crippen LogP contribution in [0.2, 0.25) is 0 Å². The Labute approximate surface area is 235 Å². The van der Waals surface area contributed by atoms with Crippen LogP contribution in [0.1, 0.15) is 42.9 Å². The van der Waals surface area contributed by atoms with E-state index in [-0.39, 0.29) is 23.3 Å². The SMILES string of the molecule is CC1NN=C(c2ccccc2-c2cc(N)nc(-c3nc4c(C(F)(F)F)cc(CN5CCC6(CC6)C5)cc4[nH]3)c2)N1C. The number of hydrogen-bond donors (Lipinski definition) is 3. The Morgan fingerprint density at radius 1 is 1.05 bits per heavy atom. The monoisotopic (exact) mass is 560 g/mol. The Kier molecular flexibility index (Phi) is 5.79. The number of likely N-dealkylation sites (tertiary alicyclic amines) is 1. The molecule has 11 heteroatoms. The van der Waals surface area contributed by atoms with Crippen molar-refractivity contribution in [2.75, 3.05) is 25.9 Å². The van der Waals surface area contributed by atoms with Crippen molar-refractivity contribution in [2.45, 2.75) is 45.1 Å². The third-order valence-corrected chi connectivity index (χ3v) is 8.67. The smallest absolute Gasteiger partial charge is 0.384 e. The average molecular weight is 561 g/mol. The second-order valence-corrected chi connectivity index (χ2v) is 11.6. The van der Waals surface area contributed by atoms with Crippen LogP contribution in [0.15, 0.2) is 53.6 Å². The van der Waals surface area contributed by atoms with Crippen LogP contribution in [0.3, 0.4) is 0 Å². The molecule has 4 aromatic rings. The molecule has 212 valence electrons. The van der Waals surface area contributed by atoms with Gasteiger partial charge in [-0.3, -0.25) is 10.3 Å². The Hall–Kier alpha value is -4.12. The summed E-state index contributed by atoms with van der Waals surface area (Å²) < 4.78 is 42.7. The molecule has 8 nitrogen and oxygen atoms in total. The molecule has 1 spiro atoms. The van der Waals surface area contributed by atoms with Gasteiger partial charge in [0.15, 0.2) is 11.7 Å². The second-order valence-electron chi connectivity index (χ2n) is 11.6. The van der Waals surface area contributed by atoms with Crippen molar-refractivity contribution in [2.24, 2.45) is 10.5 Å². The molecule has 1 saturated heterocycles. The number of halogens is 3. The van der Waals surface area contributed by atoms with Crippen LogP contribution in [0, 0.1) is 5.41 Å². The van der Waals surface area contributed by atoms with Gasteiger partial charge in [-0.2, -0.15) is 18.3 Å². The van der Waals surface area contributed by atoms with Crippen molar-refractivity contribution < 1.29 is 13.2 Å². The van der Waals surface area contributed by atoms with E-state index in [0.29, 0.717) is 28.7 Å². The first-order valence-corrected chi connectivity index (χ1v) is 13.8. The number of anilines is 1. The van der Waals surface area contributed by atoms with Crippen molar-refractivity contribution in [1.29, 1.82) is 0 Å². The van der Waals surface area contributed by atoms with Crippen molar-refractivity contribution >= 4 is 22.7 Å². The number of hydrogen-bond acceptors (Lipinski definition) is 7. The van der Waals surface area contributed by atoms with Crippen LogP contribution < -0.4 is 11.2 Å². The second kappa shape index (κ2) is 9.20. The van der Waals surface area contributed by atoms with E-state index in [0.717, 1.165) is 42.0 Å². The summed E-state index contributed by atoms with van der Waals surface area (Å²) in [5, 5.41) is 4.49. The average Bonchev–Trinajstić information content (AvgIpc) is 3.21. The lowest BCUT2D eigenvalue weighted by atomic mass is 9.98. The fourth-order valence-corrected chi connectivity index (χ4v) is 6.12. The lowest BCUT2D eigenvalue weighted by Crippen LogP contribution is -2.34. The molecule has 2 aliphatic heterocycles. The van der Waals surface area contributed by atoms with Crippen molar-refractivity contribution in [1.82, 2.24) is 30.2 Å². The minimum absolute atomic E-state index is 0.0414. The standard InChI is InChI=1S/C30H31F3N8/c1-17-38-39-28(40(17)2)21-6-4-3-5-20(21)19-13-24(35-25(34)14-19)27-36-23-12-18(11-22(26(23)37-27)30(31,32)33)15-41-10-9-29(16-41)7-8-29/h3-6,11-14,17,38H,7-10,15-16H2,1-2H3,(H2,34,35)(H,36,37). The topological polar surface area (TPSA) is 98.5 Å². The lowest BCUT2D eigenvalue weighted by Gasteiger charge is -2.20. The molecule has 4 N–H and O–H groups in total. The lowest BCUT2D eigenvalue weighted by molar-refractivity contribution is -0.136. The van der Waals surface area contributed by atoms with Gasteiger partial charge in [0.25, 0.3) is 0 Å². The van der Waals surface area contributed by atoms with E-state index in [4.69, 9.17) is 5.73 Å². The Morgan fingerprint density at radius 2 is 1.83 bits per heavy atom. The van der Waals surface area contributed by atoms with E-state index in [9.17, 15) is 13.2 Å². The third-order valence-electron chi connectivity index (χ3n) is 8.67. The van der Waals surface area contributed by atoms with Crippen LogP contribution >= 0.6 is 0 Å².